The van der Waals surface area contributed by atoms with E-state index in [1.165, 1.54) is 21.1 Å². The molecular formula is C17H23N5O2. The summed E-state index contributed by atoms with van der Waals surface area (Å²) in [5.41, 5.74) is 0.972. The van der Waals surface area contributed by atoms with Crippen LogP contribution in [0.25, 0.3) is 0 Å². The summed E-state index contributed by atoms with van der Waals surface area (Å²) < 4.78 is 2.58. The van der Waals surface area contributed by atoms with E-state index in [9.17, 15) is 9.59 Å². The summed E-state index contributed by atoms with van der Waals surface area (Å²) in [6.07, 6.45) is 3.45. The molecule has 1 N–H and O–H groups in total. The molecule has 1 fully saturated rings. The van der Waals surface area contributed by atoms with E-state index in [0.29, 0.717) is 6.54 Å². The van der Waals surface area contributed by atoms with Crippen LogP contribution in [0.2, 0.25) is 0 Å². The average Bonchev–Trinajstić information content (AvgIpc) is 2.93. The van der Waals surface area contributed by atoms with Crippen molar-refractivity contribution in [3.63, 3.8) is 0 Å². The van der Waals surface area contributed by atoms with Crippen molar-refractivity contribution in [1.29, 1.82) is 0 Å². The Kier molecular flexibility index (Phi) is 5.10. The van der Waals surface area contributed by atoms with Crippen LogP contribution in [0.15, 0.2) is 41.5 Å². The molecule has 0 spiro atoms. The summed E-state index contributed by atoms with van der Waals surface area (Å²) >= 11 is 0. The number of aryl methyl sites for hydroxylation is 1. The van der Waals surface area contributed by atoms with Gasteiger partial charge < -0.3 is 10.2 Å². The van der Waals surface area contributed by atoms with Crippen LogP contribution in [-0.2, 0) is 24.9 Å². The van der Waals surface area contributed by atoms with E-state index in [1.54, 1.807) is 7.05 Å². The molecule has 1 saturated heterocycles. The number of carbonyl (C=O) groups excluding carboxylic acids is 1. The van der Waals surface area contributed by atoms with E-state index in [-0.39, 0.29) is 24.2 Å². The Morgan fingerprint density at radius 2 is 2.12 bits per heavy atom. The zero-order valence-corrected chi connectivity index (χ0v) is 13.9. The van der Waals surface area contributed by atoms with E-state index < -0.39 is 0 Å². The third kappa shape index (κ3) is 3.91. The summed E-state index contributed by atoms with van der Waals surface area (Å²) in [6, 6.07) is 10.5. The van der Waals surface area contributed by atoms with Gasteiger partial charge in [0.15, 0.2) is 0 Å². The van der Waals surface area contributed by atoms with Crippen LogP contribution in [0.1, 0.15) is 18.4 Å². The molecule has 0 saturated carbocycles. The molecule has 128 valence electrons. The topological polar surface area (TPSA) is 72.2 Å². The third-order valence-electron chi connectivity index (χ3n) is 4.38. The predicted octanol–water partition coefficient (Wildman–Crippen LogP) is 0.363. The molecule has 1 amide bonds. The van der Waals surface area contributed by atoms with Gasteiger partial charge in [0.2, 0.25) is 5.91 Å². The van der Waals surface area contributed by atoms with Crippen LogP contribution < -0.4 is 11.0 Å². The number of amides is 1. The molecule has 0 aliphatic carbocycles. The first-order valence-electron chi connectivity index (χ1n) is 8.27. The molecule has 2 heterocycles. The van der Waals surface area contributed by atoms with Crippen molar-refractivity contribution < 1.29 is 4.79 Å². The Morgan fingerprint density at radius 1 is 1.33 bits per heavy atom. The normalized spacial score (nSPS) is 17.9. The molecule has 1 aliphatic rings. The Hall–Kier alpha value is -2.41. The molecule has 3 rings (SSSR count). The zero-order valence-electron chi connectivity index (χ0n) is 13.9. The van der Waals surface area contributed by atoms with Gasteiger partial charge >= 0.3 is 5.69 Å². The van der Waals surface area contributed by atoms with Crippen molar-refractivity contribution in [3.8, 4) is 0 Å². The lowest BCUT2D eigenvalue weighted by Crippen LogP contribution is -2.49. The number of rotatable bonds is 5. The maximum Gasteiger partial charge on any atom is 0.345 e. The highest BCUT2D eigenvalue weighted by Crippen LogP contribution is 2.11. The highest BCUT2D eigenvalue weighted by atomic mass is 16.2. The van der Waals surface area contributed by atoms with E-state index >= 15 is 0 Å². The fourth-order valence-electron chi connectivity index (χ4n) is 2.99. The first kappa shape index (κ1) is 16.4. The van der Waals surface area contributed by atoms with Gasteiger partial charge in [0, 0.05) is 32.7 Å². The van der Waals surface area contributed by atoms with E-state index in [0.717, 1.165) is 25.9 Å². The molecule has 2 aromatic rings. The smallest absolute Gasteiger partial charge is 0.340 e. The van der Waals surface area contributed by atoms with E-state index in [1.807, 2.05) is 23.1 Å². The molecule has 1 aromatic heterocycles. The first-order valence-corrected chi connectivity index (χ1v) is 8.27. The van der Waals surface area contributed by atoms with Crippen LogP contribution in [0.3, 0.4) is 0 Å². The summed E-state index contributed by atoms with van der Waals surface area (Å²) in [4.78, 5) is 26.1. The number of aromatic nitrogens is 3. The quantitative estimate of drug-likeness (QED) is 0.860. The zero-order chi connectivity index (χ0) is 16.9. The summed E-state index contributed by atoms with van der Waals surface area (Å²) in [5.74, 6) is -0.0537. The second-order valence-corrected chi connectivity index (χ2v) is 6.23. The predicted molar refractivity (Wildman–Crippen MR) is 90.4 cm³/mol. The number of hydrogen-bond acceptors (Lipinski definition) is 4. The standard InChI is InChI=1S/C17H23N5O2/c1-20-13-19-22(17(20)24)12-16(23)21-9-5-8-15(11-21)18-10-14-6-3-2-4-7-14/h2-4,6-7,13,15,18H,5,8-12H2,1H3/t15-/m0/s1. The highest BCUT2D eigenvalue weighted by Gasteiger charge is 2.24. The van der Waals surface area contributed by atoms with Crippen LogP contribution in [0.5, 0.6) is 0 Å². The first-order chi connectivity index (χ1) is 11.6. The molecule has 24 heavy (non-hydrogen) atoms. The highest BCUT2D eigenvalue weighted by molar-refractivity contribution is 5.76. The monoisotopic (exact) mass is 329 g/mol. The number of nitrogens with zero attached hydrogens (tertiary/aromatic N) is 4. The number of benzene rings is 1. The third-order valence-corrected chi connectivity index (χ3v) is 4.38. The lowest BCUT2D eigenvalue weighted by Gasteiger charge is -2.33. The van der Waals surface area contributed by atoms with Gasteiger partial charge in [-0.25, -0.2) is 9.48 Å². The second kappa shape index (κ2) is 7.44. The van der Waals surface area contributed by atoms with Crippen molar-refractivity contribution in [2.75, 3.05) is 13.1 Å². The Bertz CT molecular complexity index is 737. The summed E-state index contributed by atoms with van der Waals surface area (Å²) in [7, 11) is 1.63. The molecule has 1 atom stereocenters. The van der Waals surface area contributed by atoms with Crippen molar-refractivity contribution in [2.24, 2.45) is 7.05 Å². The van der Waals surface area contributed by atoms with Gasteiger partial charge in [0.25, 0.3) is 0 Å². The van der Waals surface area contributed by atoms with Gasteiger partial charge in [0.05, 0.1) is 0 Å². The van der Waals surface area contributed by atoms with Gasteiger partial charge in [-0.15, -0.1) is 0 Å². The molecule has 1 aliphatic heterocycles. The van der Waals surface area contributed by atoms with Crippen LogP contribution >= 0.6 is 0 Å². The Morgan fingerprint density at radius 3 is 2.83 bits per heavy atom. The minimum atomic E-state index is -0.265. The van der Waals surface area contributed by atoms with Crippen molar-refractivity contribution in [1.82, 2.24) is 24.6 Å². The Labute approximate surface area is 140 Å². The molecule has 7 nitrogen and oxygen atoms in total. The Balaban J connectivity index is 1.54. The van der Waals surface area contributed by atoms with Gasteiger partial charge in [-0.05, 0) is 18.4 Å². The van der Waals surface area contributed by atoms with Crippen LogP contribution in [-0.4, -0.2) is 44.3 Å². The van der Waals surface area contributed by atoms with Crippen molar-refractivity contribution >= 4 is 5.91 Å². The average molecular weight is 329 g/mol. The summed E-state index contributed by atoms with van der Waals surface area (Å²) in [5, 5.41) is 7.47. The fraction of sp³-hybridized carbons (Fsp3) is 0.471. The molecule has 0 radical (unpaired) electrons. The minimum absolute atomic E-state index is 0.00504. The molecule has 7 heteroatoms. The lowest BCUT2D eigenvalue weighted by atomic mass is 10.1. The number of carbonyl (C=O) groups is 1. The fourth-order valence-corrected chi connectivity index (χ4v) is 2.99. The van der Waals surface area contributed by atoms with Gasteiger partial charge in [0.1, 0.15) is 12.9 Å². The van der Waals surface area contributed by atoms with Crippen molar-refractivity contribution in [2.45, 2.75) is 32.0 Å². The second-order valence-electron chi connectivity index (χ2n) is 6.23. The van der Waals surface area contributed by atoms with Gasteiger partial charge in [-0.3, -0.25) is 9.36 Å². The minimum Gasteiger partial charge on any atom is -0.340 e. The SMILES string of the molecule is Cn1cnn(CC(=O)N2CCC[C@H](NCc3ccccc3)C2)c1=O. The summed E-state index contributed by atoms with van der Waals surface area (Å²) in [6.45, 7) is 2.22. The van der Waals surface area contributed by atoms with E-state index in [4.69, 9.17) is 0 Å². The molecule has 0 bridgehead atoms. The lowest BCUT2D eigenvalue weighted by molar-refractivity contribution is -0.133. The number of hydrogen-bond donors (Lipinski definition) is 1. The number of nitrogens with one attached hydrogen (secondary N) is 1. The number of piperidine rings is 1. The maximum atomic E-state index is 12.4. The molecule has 1 aromatic carbocycles. The van der Waals surface area contributed by atoms with E-state index in [2.05, 4.69) is 22.5 Å². The van der Waals surface area contributed by atoms with Crippen molar-refractivity contribution in [3.05, 3.63) is 52.7 Å². The van der Waals surface area contributed by atoms with Crippen LogP contribution in [0, 0.1) is 0 Å². The maximum absolute atomic E-state index is 12.4. The largest absolute Gasteiger partial charge is 0.345 e. The molecular weight excluding hydrogens is 306 g/mol. The van der Waals surface area contributed by atoms with Gasteiger partial charge in [-0.1, -0.05) is 30.3 Å². The van der Waals surface area contributed by atoms with Crippen LogP contribution in [0.4, 0.5) is 0 Å². The van der Waals surface area contributed by atoms with Gasteiger partial charge in [-0.2, -0.15) is 5.10 Å². The number of likely N-dealkylation sites (tertiary alicyclic amines) is 1. The molecule has 0 unspecified atom stereocenters.